The van der Waals surface area contributed by atoms with Crippen LogP contribution in [-0.4, -0.2) is 68.3 Å². The van der Waals surface area contributed by atoms with Gasteiger partial charge in [-0.2, -0.15) is 0 Å². The van der Waals surface area contributed by atoms with Crippen LogP contribution in [0.3, 0.4) is 0 Å². The van der Waals surface area contributed by atoms with Gasteiger partial charge in [-0.05, 0) is 30.6 Å². The van der Waals surface area contributed by atoms with Crippen LogP contribution in [-0.2, 0) is 9.47 Å². The maximum Gasteiger partial charge on any atom is 0.126 e. The smallest absolute Gasteiger partial charge is 0.126 e. The maximum atomic E-state index is 10.4. The molecular formula is C18H36NO3+. The summed E-state index contributed by atoms with van der Waals surface area (Å²) in [4.78, 5) is 0. The van der Waals surface area contributed by atoms with E-state index < -0.39 is 0 Å². The van der Waals surface area contributed by atoms with E-state index in [1.165, 1.54) is 12.8 Å². The minimum atomic E-state index is -0.367. The van der Waals surface area contributed by atoms with E-state index in [-0.39, 0.29) is 6.10 Å². The van der Waals surface area contributed by atoms with E-state index in [2.05, 4.69) is 27.8 Å². The van der Waals surface area contributed by atoms with E-state index in [4.69, 9.17) is 9.47 Å². The highest BCUT2D eigenvalue weighted by Crippen LogP contribution is 2.35. The van der Waals surface area contributed by atoms with E-state index >= 15 is 0 Å². The van der Waals surface area contributed by atoms with E-state index in [0.29, 0.717) is 24.5 Å². The van der Waals surface area contributed by atoms with Crippen LogP contribution in [0.15, 0.2) is 0 Å². The molecule has 2 fully saturated rings. The third-order valence-corrected chi connectivity index (χ3v) is 5.67. The predicted octanol–water partition coefficient (Wildman–Crippen LogP) is 2.30. The Hall–Kier alpha value is -0.160. The van der Waals surface area contributed by atoms with Gasteiger partial charge in [0.2, 0.25) is 0 Å². The summed E-state index contributed by atoms with van der Waals surface area (Å²) in [6, 6.07) is 0. The number of hydrogen-bond acceptors (Lipinski definition) is 3. The third-order valence-electron chi connectivity index (χ3n) is 5.67. The van der Waals surface area contributed by atoms with Crippen molar-refractivity contribution >= 4 is 0 Å². The predicted molar refractivity (Wildman–Crippen MR) is 88.7 cm³/mol. The van der Waals surface area contributed by atoms with Crippen molar-refractivity contribution in [3.05, 3.63) is 0 Å². The molecule has 22 heavy (non-hydrogen) atoms. The fraction of sp³-hybridized carbons (Fsp3) is 1.00. The molecule has 0 aromatic carbocycles. The summed E-state index contributed by atoms with van der Waals surface area (Å²) in [5.41, 5.74) is 0. The first-order valence-electron chi connectivity index (χ1n) is 9.10. The summed E-state index contributed by atoms with van der Waals surface area (Å²) >= 11 is 0. The van der Waals surface area contributed by atoms with Crippen molar-refractivity contribution in [2.75, 3.05) is 46.5 Å². The molecule has 1 aliphatic heterocycles. The monoisotopic (exact) mass is 314 g/mol. The number of rotatable bonds is 6. The van der Waals surface area contributed by atoms with Crippen molar-refractivity contribution < 1.29 is 19.1 Å². The van der Waals surface area contributed by atoms with Gasteiger partial charge in [0, 0.05) is 0 Å². The molecule has 0 aromatic heterocycles. The molecule has 4 heteroatoms. The molecule has 2 aliphatic rings. The van der Waals surface area contributed by atoms with Gasteiger partial charge in [-0.25, -0.2) is 0 Å². The minimum absolute atomic E-state index is 0.327. The molecule has 1 N–H and O–H groups in total. The van der Waals surface area contributed by atoms with E-state index in [1.807, 2.05) is 0 Å². The fourth-order valence-corrected chi connectivity index (χ4v) is 4.07. The Bertz CT molecular complexity index is 328. The Balaban J connectivity index is 1.79. The van der Waals surface area contributed by atoms with Gasteiger partial charge in [-0.1, -0.05) is 27.2 Å². The van der Waals surface area contributed by atoms with Crippen molar-refractivity contribution in [1.29, 1.82) is 0 Å². The van der Waals surface area contributed by atoms with Gasteiger partial charge in [0.25, 0.3) is 0 Å². The zero-order valence-corrected chi connectivity index (χ0v) is 15.0. The van der Waals surface area contributed by atoms with Gasteiger partial charge >= 0.3 is 0 Å². The first-order valence-corrected chi connectivity index (χ1v) is 9.10. The molecule has 4 nitrogen and oxygen atoms in total. The van der Waals surface area contributed by atoms with Crippen molar-refractivity contribution in [2.24, 2.45) is 17.8 Å². The molecule has 0 aromatic rings. The first kappa shape index (κ1) is 18.2. The average molecular weight is 314 g/mol. The van der Waals surface area contributed by atoms with Crippen molar-refractivity contribution in [1.82, 2.24) is 0 Å². The second-order valence-electron chi connectivity index (χ2n) is 8.21. The Morgan fingerprint density at radius 2 is 1.91 bits per heavy atom. The van der Waals surface area contributed by atoms with Crippen LogP contribution in [0.1, 0.15) is 40.0 Å². The molecule has 130 valence electrons. The number of aliphatic hydroxyl groups excluding tert-OH is 1. The zero-order valence-electron chi connectivity index (χ0n) is 15.0. The minimum Gasteiger partial charge on any atom is -0.385 e. The van der Waals surface area contributed by atoms with E-state index in [0.717, 1.165) is 49.7 Å². The summed E-state index contributed by atoms with van der Waals surface area (Å²) in [6.45, 7) is 11.8. The largest absolute Gasteiger partial charge is 0.385 e. The molecule has 0 amide bonds. The number of ether oxygens (including phenoxy) is 2. The summed E-state index contributed by atoms with van der Waals surface area (Å²) in [7, 11) is 2.21. The number of nitrogens with zero attached hydrogens (tertiary/aromatic N) is 1. The molecule has 0 bridgehead atoms. The molecule has 0 radical (unpaired) electrons. The Morgan fingerprint density at radius 3 is 2.55 bits per heavy atom. The molecule has 1 saturated heterocycles. The average Bonchev–Trinajstić information content (AvgIpc) is 2.45. The third kappa shape index (κ3) is 5.19. The summed E-state index contributed by atoms with van der Waals surface area (Å²) in [5.74, 6) is 2.07. The number of hydrogen-bond donors (Lipinski definition) is 1. The highest BCUT2D eigenvalue weighted by atomic mass is 16.5. The SMILES string of the molecule is CC(C)[C@H]1CC[C@H](C)C[C@@H]1OC[C@@H](O)C[N+]1(C)CCOCC1. The second-order valence-corrected chi connectivity index (χ2v) is 8.21. The van der Waals surface area contributed by atoms with E-state index in [1.54, 1.807) is 0 Å². The molecule has 1 aliphatic carbocycles. The Morgan fingerprint density at radius 1 is 1.23 bits per heavy atom. The second kappa shape index (κ2) is 8.09. The lowest BCUT2D eigenvalue weighted by Gasteiger charge is -2.40. The van der Waals surface area contributed by atoms with E-state index in [9.17, 15) is 5.11 Å². The summed E-state index contributed by atoms with van der Waals surface area (Å²) in [5, 5.41) is 10.4. The molecular weight excluding hydrogens is 278 g/mol. The lowest BCUT2D eigenvalue weighted by Crippen LogP contribution is -2.56. The first-order chi connectivity index (χ1) is 10.4. The molecule has 1 saturated carbocycles. The maximum absolute atomic E-state index is 10.4. The highest BCUT2D eigenvalue weighted by Gasteiger charge is 2.33. The Labute approximate surface area is 136 Å². The van der Waals surface area contributed by atoms with Gasteiger partial charge in [-0.3, -0.25) is 0 Å². The molecule has 4 atom stereocenters. The molecule has 1 heterocycles. The number of likely N-dealkylation sites (N-methyl/N-ethyl adjacent to an activating group) is 1. The summed E-state index contributed by atoms with van der Waals surface area (Å²) in [6.07, 6.45) is 3.70. The van der Waals surface area contributed by atoms with Gasteiger partial charge in [0.1, 0.15) is 25.7 Å². The quantitative estimate of drug-likeness (QED) is 0.765. The zero-order chi connectivity index (χ0) is 16.2. The van der Waals surface area contributed by atoms with Crippen molar-refractivity contribution in [2.45, 2.75) is 52.2 Å². The Kier molecular flexibility index (Phi) is 6.69. The van der Waals surface area contributed by atoms with Crippen molar-refractivity contribution in [3.8, 4) is 0 Å². The topological polar surface area (TPSA) is 38.7 Å². The lowest BCUT2D eigenvalue weighted by molar-refractivity contribution is -0.919. The van der Waals surface area contributed by atoms with Gasteiger partial charge < -0.3 is 19.1 Å². The number of aliphatic hydroxyl groups is 1. The summed E-state index contributed by atoms with van der Waals surface area (Å²) < 4.78 is 12.5. The fourth-order valence-electron chi connectivity index (χ4n) is 4.07. The number of quaternary nitrogens is 1. The normalized spacial score (nSPS) is 33.8. The van der Waals surface area contributed by atoms with Crippen LogP contribution in [0.25, 0.3) is 0 Å². The van der Waals surface area contributed by atoms with Gasteiger partial charge in [-0.15, -0.1) is 0 Å². The van der Waals surface area contributed by atoms with Gasteiger partial charge in [0.05, 0.1) is 33.0 Å². The van der Waals surface area contributed by atoms with Crippen molar-refractivity contribution in [3.63, 3.8) is 0 Å². The van der Waals surface area contributed by atoms with Crippen LogP contribution in [0, 0.1) is 17.8 Å². The van der Waals surface area contributed by atoms with Gasteiger partial charge in [0.15, 0.2) is 0 Å². The van der Waals surface area contributed by atoms with Crippen LogP contribution in [0.5, 0.6) is 0 Å². The van der Waals surface area contributed by atoms with Crippen LogP contribution in [0.4, 0.5) is 0 Å². The van der Waals surface area contributed by atoms with Crippen LogP contribution < -0.4 is 0 Å². The molecule has 0 unspecified atom stereocenters. The molecule has 0 spiro atoms. The molecule has 2 rings (SSSR count). The lowest BCUT2D eigenvalue weighted by atomic mass is 9.75. The standard InChI is InChI=1S/C18H36NO3/c1-14(2)17-6-5-15(3)11-18(17)22-13-16(20)12-19(4)7-9-21-10-8-19/h14-18,20H,5-13H2,1-4H3/q+1/t15-,16-,17+,18-/m0/s1. The highest BCUT2D eigenvalue weighted by molar-refractivity contribution is 4.81. The number of morpholine rings is 1. The van der Waals surface area contributed by atoms with Crippen LogP contribution >= 0.6 is 0 Å². The van der Waals surface area contributed by atoms with Crippen LogP contribution in [0.2, 0.25) is 0 Å².